The zero-order chi connectivity index (χ0) is 19.6. The van der Waals surface area contributed by atoms with Crippen molar-refractivity contribution in [1.82, 2.24) is 9.78 Å². The van der Waals surface area contributed by atoms with E-state index in [9.17, 15) is 18.9 Å². The molecule has 2 aromatic carbocycles. The van der Waals surface area contributed by atoms with Gasteiger partial charge in [0.15, 0.2) is 0 Å². The minimum atomic E-state index is -2.70. The lowest BCUT2D eigenvalue weighted by molar-refractivity contribution is -0.385. The third-order valence-electron chi connectivity index (χ3n) is 3.80. The van der Waals surface area contributed by atoms with Gasteiger partial charge in [0, 0.05) is 30.9 Å². The van der Waals surface area contributed by atoms with Gasteiger partial charge in [-0.1, -0.05) is 11.6 Å². The summed E-state index contributed by atoms with van der Waals surface area (Å²) in [5.41, 5.74) is 1.62. The minimum absolute atomic E-state index is 0.0285. The number of nitro groups is 1. The molecule has 1 heterocycles. The number of nitrogens with one attached hydrogen (secondary N) is 1. The molecule has 1 N–H and O–H groups in total. The Morgan fingerprint density at radius 2 is 2.15 bits per heavy atom. The van der Waals surface area contributed by atoms with Crippen LogP contribution in [0, 0.1) is 10.1 Å². The molecule has 3 aromatic rings. The first-order valence-electron chi connectivity index (χ1n) is 7.88. The summed E-state index contributed by atoms with van der Waals surface area (Å²) in [4.78, 5) is 10.7. The monoisotopic (exact) mass is 396 g/mol. The highest BCUT2D eigenvalue weighted by molar-refractivity contribution is 6.32. The molecule has 0 fully saturated rings. The topological polar surface area (TPSA) is 82.2 Å². The molecule has 7 nitrogen and oxygen atoms in total. The zero-order valence-corrected chi connectivity index (χ0v) is 14.9. The van der Waals surface area contributed by atoms with Gasteiger partial charge in [-0.25, -0.2) is 8.78 Å². The molecule has 0 saturated carbocycles. The van der Waals surface area contributed by atoms with E-state index in [2.05, 4.69) is 10.4 Å². The van der Waals surface area contributed by atoms with E-state index in [1.54, 1.807) is 4.68 Å². The normalized spacial score (nSPS) is 11.1. The molecule has 27 heavy (non-hydrogen) atoms. The van der Waals surface area contributed by atoms with Crippen molar-refractivity contribution >= 4 is 33.9 Å². The van der Waals surface area contributed by atoms with E-state index in [1.165, 1.54) is 6.07 Å². The van der Waals surface area contributed by atoms with Crippen LogP contribution in [-0.4, -0.2) is 27.7 Å². The Hall–Kier alpha value is -2.94. The van der Waals surface area contributed by atoms with Gasteiger partial charge >= 0.3 is 0 Å². The van der Waals surface area contributed by atoms with Crippen LogP contribution in [0.5, 0.6) is 5.75 Å². The maximum atomic E-state index is 12.3. The van der Waals surface area contributed by atoms with Gasteiger partial charge in [-0.2, -0.15) is 5.10 Å². The van der Waals surface area contributed by atoms with Crippen LogP contribution in [0.15, 0.2) is 36.5 Å². The Kier molecular flexibility index (Phi) is 5.41. The summed E-state index contributed by atoms with van der Waals surface area (Å²) in [6, 6.07) is 7.92. The lowest BCUT2D eigenvalue weighted by Gasteiger charge is -2.11. The van der Waals surface area contributed by atoms with Crippen molar-refractivity contribution in [2.24, 2.45) is 7.05 Å². The number of anilines is 1. The SMILES string of the molecule is Cn1cc2cc(NCc3cc(Cl)c(OCC(F)F)cc3[N+](=O)[O-])ccc2n1. The first kappa shape index (κ1) is 18.8. The standard InChI is InChI=1S/C17H15ClF2N4O3/c1-23-8-11-4-12(2-3-14(11)22-23)21-7-10-5-13(18)16(27-9-17(19)20)6-15(10)24(25)26/h2-6,8,17,21H,7,9H2,1H3. The first-order chi connectivity index (χ1) is 12.8. The summed E-state index contributed by atoms with van der Waals surface area (Å²) in [5, 5.41) is 19.7. The van der Waals surface area contributed by atoms with Crippen molar-refractivity contribution in [3.8, 4) is 5.75 Å². The Balaban J connectivity index is 1.81. The van der Waals surface area contributed by atoms with Crippen molar-refractivity contribution in [3.05, 3.63) is 57.2 Å². The molecule has 0 aliphatic heterocycles. The maximum absolute atomic E-state index is 12.3. The fourth-order valence-corrected chi connectivity index (χ4v) is 2.86. The number of nitrogens with zero attached hydrogens (tertiary/aromatic N) is 3. The predicted octanol–water partition coefficient (Wildman–Crippen LogP) is 4.39. The highest BCUT2D eigenvalue weighted by atomic mass is 35.5. The Bertz CT molecular complexity index is 994. The van der Waals surface area contributed by atoms with Gasteiger partial charge in [0.25, 0.3) is 12.1 Å². The van der Waals surface area contributed by atoms with E-state index in [-0.39, 0.29) is 23.0 Å². The fraction of sp³-hybridized carbons (Fsp3) is 0.235. The van der Waals surface area contributed by atoms with E-state index in [0.29, 0.717) is 5.56 Å². The van der Waals surface area contributed by atoms with E-state index >= 15 is 0 Å². The number of rotatable bonds is 7. The summed E-state index contributed by atoms with van der Waals surface area (Å²) in [7, 11) is 1.82. The number of alkyl halides is 2. The van der Waals surface area contributed by atoms with Crippen molar-refractivity contribution in [3.63, 3.8) is 0 Å². The number of halogens is 3. The third kappa shape index (κ3) is 4.43. The molecule has 0 radical (unpaired) electrons. The molecule has 3 rings (SSSR count). The number of hydrogen-bond acceptors (Lipinski definition) is 5. The number of nitro benzene ring substituents is 1. The third-order valence-corrected chi connectivity index (χ3v) is 4.09. The van der Waals surface area contributed by atoms with Gasteiger partial charge in [0.2, 0.25) is 0 Å². The number of fused-ring (bicyclic) bond motifs is 1. The Morgan fingerprint density at radius 1 is 1.37 bits per heavy atom. The molecule has 0 spiro atoms. The largest absolute Gasteiger partial charge is 0.486 e. The molecule has 0 aliphatic rings. The highest BCUT2D eigenvalue weighted by Gasteiger charge is 2.19. The number of ether oxygens (including phenoxy) is 1. The van der Waals surface area contributed by atoms with Crippen molar-refractivity contribution in [2.45, 2.75) is 13.0 Å². The molecule has 0 atom stereocenters. The van der Waals surface area contributed by atoms with Gasteiger partial charge < -0.3 is 10.1 Å². The molecule has 0 bridgehead atoms. The van der Waals surface area contributed by atoms with Crippen LogP contribution in [0.25, 0.3) is 10.9 Å². The molecular weight excluding hydrogens is 382 g/mol. The number of aryl methyl sites for hydroxylation is 1. The van der Waals surface area contributed by atoms with Crippen LogP contribution in [0.3, 0.4) is 0 Å². The van der Waals surface area contributed by atoms with Crippen LogP contribution < -0.4 is 10.1 Å². The molecular formula is C17H15ClF2N4O3. The minimum Gasteiger partial charge on any atom is -0.486 e. The predicted molar refractivity (Wildman–Crippen MR) is 97.6 cm³/mol. The average molecular weight is 397 g/mol. The molecule has 0 amide bonds. The maximum Gasteiger partial charge on any atom is 0.278 e. The Morgan fingerprint density at radius 3 is 2.85 bits per heavy atom. The summed E-state index contributed by atoms with van der Waals surface area (Å²) in [6.45, 7) is -0.767. The molecule has 1 aromatic heterocycles. The van der Waals surface area contributed by atoms with Crippen molar-refractivity contribution in [2.75, 3.05) is 11.9 Å². The second-order valence-corrected chi connectivity index (χ2v) is 6.21. The van der Waals surface area contributed by atoms with E-state index in [0.717, 1.165) is 22.7 Å². The van der Waals surface area contributed by atoms with Gasteiger partial charge in [0.1, 0.15) is 12.4 Å². The smallest absolute Gasteiger partial charge is 0.278 e. The van der Waals surface area contributed by atoms with Crippen molar-refractivity contribution < 1.29 is 18.4 Å². The molecule has 10 heteroatoms. The van der Waals surface area contributed by atoms with Crippen LogP contribution in [-0.2, 0) is 13.6 Å². The highest BCUT2D eigenvalue weighted by Crippen LogP contribution is 2.33. The second kappa shape index (κ2) is 7.75. The van der Waals surface area contributed by atoms with Gasteiger partial charge in [-0.3, -0.25) is 14.8 Å². The lowest BCUT2D eigenvalue weighted by Crippen LogP contribution is -2.09. The Labute approximate surface area is 157 Å². The molecule has 0 saturated heterocycles. The second-order valence-electron chi connectivity index (χ2n) is 5.80. The van der Waals surface area contributed by atoms with E-state index in [4.69, 9.17) is 16.3 Å². The number of benzene rings is 2. The fourth-order valence-electron chi connectivity index (χ4n) is 2.62. The van der Waals surface area contributed by atoms with Gasteiger partial charge in [-0.05, 0) is 24.3 Å². The molecule has 0 unspecified atom stereocenters. The van der Waals surface area contributed by atoms with Crippen molar-refractivity contribution in [1.29, 1.82) is 0 Å². The van der Waals surface area contributed by atoms with E-state index < -0.39 is 18.0 Å². The van der Waals surface area contributed by atoms with Gasteiger partial charge in [-0.15, -0.1) is 0 Å². The summed E-state index contributed by atoms with van der Waals surface area (Å²) in [5.74, 6) is -0.149. The van der Waals surface area contributed by atoms with Crippen LogP contribution >= 0.6 is 11.6 Å². The molecule has 142 valence electrons. The zero-order valence-electron chi connectivity index (χ0n) is 14.2. The quantitative estimate of drug-likeness (QED) is 0.473. The van der Waals surface area contributed by atoms with Crippen LogP contribution in [0.4, 0.5) is 20.2 Å². The average Bonchev–Trinajstić information content (AvgIpc) is 2.97. The number of hydrogen-bond donors (Lipinski definition) is 1. The van der Waals surface area contributed by atoms with Crippen LogP contribution in [0.1, 0.15) is 5.56 Å². The summed E-state index contributed by atoms with van der Waals surface area (Å²) < 4.78 is 31.1. The molecule has 0 aliphatic carbocycles. The first-order valence-corrected chi connectivity index (χ1v) is 8.26. The lowest BCUT2D eigenvalue weighted by atomic mass is 10.1. The number of aromatic nitrogens is 2. The van der Waals surface area contributed by atoms with E-state index in [1.807, 2.05) is 31.4 Å². The summed E-state index contributed by atoms with van der Waals surface area (Å²) >= 11 is 6.02. The summed E-state index contributed by atoms with van der Waals surface area (Å²) in [6.07, 6.45) is -0.849. The van der Waals surface area contributed by atoms with Gasteiger partial charge in [0.05, 0.1) is 27.1 Å². The van der Waals surface area contributed by atoms with Crippen LogP contribution in [0.2, 0.25) is 5.02 Å².